The number of nitrogens with zero attached hydrogens (tertiary/aromatic N) is 2. The molecule has 6 unspecified atom stereocenters. The molecule has 2 heterocycles. The van der Waals surface area contributed by atoms with Gasteiger partial charge in [-0.2, -0.15) is 0 Å². The van der Waals surface area contributed by atoms with E-state index in [1.165, 1.54) is 122 Å². The van der Waals surface area contributed by atoms with Crippen LogP contribution >= 0.6 is 0 Å². The number of aromatic nitrogens is 1. The van der Waals surface area contributed by atoms with E-state index in [4.69, 9.17) is 0 Å². The zero-order valence-electron chi connectivity index (χ0n) is 37.8. The van der Waals surface area contributed by atoms with E-state index < -0.39 is 0 Å². The topological polar surface area (TPSA) is 8.17 Å². The zero-order valence-corrected chi connectivity index (χ0v) is 37.8. The molecule has 0 saturated heterocycles. The van der Waals surface area contributed by atoms with Gasteiger partial charge in [0.2, 0.25) is 0 Å². The molecule has 0 bridgehead atoms. The molecule has 4 aliphatic rings. The smallest absolute Gasteiger partial charge is 0.0630 e. The molecule has 9 aromatic carbocycles. The monoisotopic (exact) mass is 846 g/mol. The van der Waals surface area contributed by atoms with E-state index >= 15 is 0 Å². The summed E-state index contributed by atoms with van der Waals surface area (Å²) >= 11 is 0. The van der Waals surface area contributed by atoms with E-state index in [1.807, 2.05) is 0 Å². The lowest BCUT2D eigenvalue weighted by Crippen LogP contribution is -2.30. The number of rotatable bonds is 4. The maximum absolute atomic E-state index is 2.71. The van der Waals surface area contributed by atoms with Crippen molar-refractivity contribution in [3.8, 4) is 27.9 Å². The molecular formula is C64H50N2. The molecule has 0 spiro atoms. The van der Waals surface area contributed by atoms with Crippen LogP contribution in [0.2, 0.25) is 0 Å². The van der Waals surface area contributed by atoms with Gasteiger partial charge >= 0.3 is 0 Å². The number of benzene rings is 9. The highest BCUT2D eigenvalue weighted by molar-refractivity contribution is 6.15. The fraction of sp³-hybridized carbons (Fsp3) is 0.156. The van der Waals surface area contributed by atoms with Crippen LogP contribution in [0.15, 0.2) is 194 Å². The van der Waals surface area contributed by atoms with E-state index in [-0.39, 0.29) is 12.0 Å². The number of allylic oxidation sites excluding steroid dienone is 2. The van der Waals surface area contributed by atoms with Gasteiger partial charge in [-0.1, -0.05) is 167 Å². The maximum Gasteiger partial charge on any atom is 0.0630 e. The molecule has 14 rings (SSSR count). The van der Waals surface area contributed by atoms with Gasteiger partial charge in [-0.15, -0.1) is 0 Å². The average molecular weight is 847 g/mol. The molecule has 0 N–H and O–H groups in total. The van der Waals surface area contributed by atoms with Gasteiger partial charge in [0, 0.05) is 33.8 Å². The first kappa shape index (κ1) is 37.9. The van der Waals surface area contributed by atoms with Crippen molar-refractivity contribution in [2.75, 3.05) is 4.90 Å². The summed E-state index contributed by atoms with van der Waals surface area (Å²) < 4.78 is 2.60. The van der Waals surface area contributed by atoms with Gasteiger partial charge in [0.1, 0.15) is 0 Å². The van der Waals surface area contributed by atoms with Crippen molar-refractivity contribution < 1.29 is 0 Å². The number of fused-ring (bicyclic) bond motifs is 10. The van der Waals surface area contributed by atoms with Crippen molar-refractivity contribution in [1.82, 2.24) is 4.57 Å². The largest absolute Gasteiger partial charge is 0.333 e. The Morgan fingerprint density at radius 2 is 0.985 bits per heavy atom. The summed E-state index contributed by atoms with van der Waals surface area (Å²) in [5.74, 6) is 1.46. The number of hydrogen-bond donors (Lipinski definition) is 0. The molecule has 0 fully saturated rings. The van der Waals surface area contributed by atoms with Gasteiger partial charge < -0.3 is 9.47 Å². The summed E-state index contributed by atoms with van der Waals surface area (Å²) in [4.78, 5) is 2.71. The minimum Gasteiger partial charge on any atom is -0.333 e. The Hall–Kier alpha value is -7.42. The van der Waals surface area contributed by atoms with Gasteiger partial charge in [0.25, 0.3) is 0 Å². The molecular weight excluding hydrogens is 797 g/mol. The predicted molar refractivity (Wildman–Crippen MR) is 279 cm³/mol. The second kappa shape index (κ2) is 14.0. The molecule has 316 valence electrons. The Morgan fingerprint density at radius 1 is 0.424 bits per heavy atom. The van der Waals surface area contributed by atoms with Crippen molar-refractivity contribution in [3.05, 3.63) is 228 Å². The van der Waals surface area contributed by atoms with Crippen LogP contribution in [-0.2, 0) is 0 Å². The lowest BCUT2D eigenvalue weighted by Gasteiger charge is -2.43. The minimum absolute atomic E-state index is 0.183. The summed E-state index contributed by atoms with van der Waals surface area (Å²) in [7, 11) is 0. The molecule has 6 atom stereocenters. The first-order valence-corrected chi connectivity index (χ1v) is 24.1. The highest BCUT2D eigenvalue weighted by Gasteiger charge is 2.48. The molecule has 0 radical (unpaired) electrons. The lowest BCUT2D eigenvalue weighted by atomic mass is 9.62. The van der Waals surface area contributed by atoms with E-state index in [0.717, 1.165) is 0 Å². The van der Waals surface area contributed by atoms with Crippen molar-refractivity contribution in [1.29, 1.82) is 0 Å². The molecule has 1 aromatic heterocycles. The Morgan fingerprint density at radius 3 is 1.70 bits per heavy atom. The molecule has 10 aromatic rings. The second-order valence-corrected chi connectivity index (χ2v) is 19.7. The molecule has 0 amide bonds. The third-order valence-corrected chi connectivity index (χ3v) is 16.5. The van der Waals surface area contributed by atoms with E-state index in [1.54, 1.807) is 0 Å². The van der Waals surface area contributed by atoms with Crippen molar-refractivity contribution in [2.24, 2.45) is 0 Å². The van der Waals surface area contributed by atoms with Gasteiger partial charge in [0.05, 0.1) is 17.1 Å². The molecule has 1 aliphatic heterocycles. The predicted octanol–water partition coefficient (Wildman–Crippen LogP) is 17.1. The van der Waals surface area contributed by atoms with Crippen molar-refractivity contribution >= 4 is 60.3 Å². The van der Waals surface area contributed by atoms with Crippen LogP contribution in [0, 0.1) is 0 Å². The van der Waals surface area contributed by atoms with Crippen LogP contribution in [0.4, 0.5) is 11.4 Å². The fourth-order valence-electron chi connectivity index (χ4n) is 12.9. The first-order chi connectivity index (χ1) is 32.4. The van der Waals surface area contributed by atoms with Gasteiger partial charge in [0.15, 0.2) is 0 Å². The van der Waals surface area contributed by atoms with Crippen LogP contribution in [0.5, 0.6) is 0 Å². The highest BCUT2D eigenvalue weighted by atomic mass is 15.2. The number of hydrogen-bond acceptors (Lipinski definition) is 1. The molecule has 3 aliphatic carbocycles. The molecule has 2 nitrogen and oxygen atoms in total. The summed E-state index contributed by atoms with van der Waals surface area (Å²) in [5.41, 5.74) is 22.2. The Labute approximate surface area is 386 Å². The van der Waals surface area contributed by atoms with E-state index in [0.29, 0.717) is 23.7 Å². The maximum atomic E-state index is 2.71. The van der Waals surface area contributed by atoms with Crippen LogP contribution in [-0.4, -0.2) is 10.6 Å². The Balaban J connectivity index is 1.04. The van der Waals surface area contributed by atoms with E-state index in [2.05, 4.69) is 231 Å². The van der Waals surface area contributed by atoms with Crippen LogP contribution in [0.1, 0.15) is 90.7 Å². The van der Waals surface area contributed by atoms with Crippen LogP contribution in [0.25, 0.3) is 76.9 Å². The highest BCUT2D eigenvalue weighted by Crippen LogP contribution is 2.64. The SMILES string of the molecule is CC1c2cc3c4cc(-c5ccc6ccccc6c5)ccc4n(-c4ccccc4)c3c3c2-c2c(cc4c(c2C1C)N(c1ccccc1)C1C=CC(c2ccc5ccccc5c2)=CC41)C(C)C3C. The fourth-order valence-corrected chi connectivity index (χ4v) is 12.9. The van der Waals surface area contributed by atoms with Gasteiger partial charge in [-0.05, 0) is 161 Å². The molecule has 66 heavy (non-hydrogen) atoms. The standard InChI is InChI=1S/C64H50N2/c1-37-39(3)59-62-52(36-56-54-34-48(46-26-24-42-16-12-14-18-44(42)32-46)28-30-58(54)65(63(56)59)49-19-7-5-8-20-49)38(2)40(4)60-61(62)51(37)35-55-53-33-47(45-25-23-41-15-11-13-17-43(41)31-45)27-29-57(53)66(64(55)60)50-21-9-6-10-22-50/h5-40,53,57H,1-4H3. The summed E-state index contributed by atoms with van der Waals surface area (Å²) in [6.45, 7) is 10.1. The summed E-state index contributed by atoms with van der Waals surface area (Å²) in [6.07, 6.45) is 7.49. The average Bonchev–Trinajstić information content (AvgIpc) is 3.88. The third kappa shape index (κ3) is 5.24. The van der Waals surface area contributed by atoms with Crippen LogP contribution < -0.4 is 4.90 Å². The van der Waals surface area contributed by atoms with Crippen molar-refractivity contribution in [3.63, 3.8) is 0 Å². The third-order valence-electron chi connectivity index (χ3n) is 16.5. The van der Waals surface area contributed by atoms with Gasteiger partial charge in [-0.3, -0.25) is 0 Å². The Kier molecular flexibility index (Phi) is 8.06. The Bertz CT molecular complexity index is 3740. The number of anilines is 2. The molecule has 0 saturated carbocycles. The number of para-hydroxylation sites is 2. The zero-order chi connectivity index (χ0) is 43.9. The van der Waals surface area contributed by atoms with Crippen LogP contribution in [0.3, 0.4) is 0 Å². The lowest BCUT2D eigenvalue weighted by molar-refractivity contribution is 0.582. The minimum atomic E-state index is 0.183. The molecule has 2 heteroatoms. The van der Waals surface area contributed by atoms with Gasteiger partial charge in [-0.25, -0.2) is 0 Å². The summed E-state index contributed by atoms with van der Waals surface area (Å²) in [5, 5.41) is 7.80. The van der Waals surface area contributed by atoms with Crippen molar-refractivity contribution in [2.45, 2.75) is 63.3 Å². The second-order valence-electron chi connectivity index (χ2n) is 19.7. The summed E-state index contributed by atoms with van der Waals surface area (Å²) in [6, 6.07) is 66.3. The normalized spacial score (nSPS) is 21.3. The van der Waals surface area contributed by atoms with E-state index in [9.17, 15) is 0 Å². The quantitative estimate of drug-likeness (QED) is 0.171. The first-order valence-electron chi connectivity index (χ1n) is 24.1.